The molecule has 3 heterocycles. The van der Waals surface area contributed by atoms with E-state index in [0.717, 1.165) is 45.1 Å². The van der Waals surface area contributed by atoms with Crippen molar-refractivity contribution in [3.8, 4) is 0 Å². The zero-order valence-electron chi connectivity index (χ0n) is 19.8. The second-order valence-corrected chi connectivity index (χ2v) is 11.8. The maximum Gasteiger partial charge on any atom is 0.0975 e. The first-order valence-corrected chi connectivity index (χ1v) is 12.5. The van der Waals surface area contributed by atoms with Gasteiger partial charge in [-0.05, 0) is 72.6 Å². The van der Waals surface area contributed by atoms with Gasteiger partial charge in [-0.25, -0.2) is 0 Å². The van der Waals surface area contributed by atoms with Gasteiger partial charge in [-0.15, -0.1) is 0 Å². The summed E-state index contributed by atoms with van der Waals surface area (Å²) < 4.78 is 7.07. The number of quaternary nitrogens is 1. The number of allylic oxidation sites excluding steroid dienone is 1. The number of fused-ring (bicyclic) bond motifs is 1. The summed E-state index contributed by atoms with van der Waals surface area (Å²) in [5, 5.41) is 16.7. The first-order chi connectivity index (χ1) is 15.3. The number of hydrogen-bond acceptors (Lipinski definition) is 4. The van der Waals surface area contributed by atoms with Crippen molar-refractivity contribution in [3.63, 3.8) is 0 Å². The van der Waals surface area contributed by atoms with E-state index in [1.807, 2.05) is 32.6 Å². The minimum atomic E-state index is -0.199. The molecule has 2 saturated carbocycles. The van der Waals surface area contributed by atoms with E-state index in [1.54, 1.807) is 0 Å². The SMILES string of the molecule is CC12CC=C3C=C4CCC([N+](C)(C)[O-])C[C@]45CC[C@]3(O5)[C@@H]1CCC2NCc1cccnc1. The molecule has 0 radical (unpaired) electrons. The molecule has 1 N–H and O–H groups in total. The molecule has 1 saturated heterocycles. The number of ether oxygens (including phenoxy) is 1. The summed E-state index contributed by atoms with van der Waals surface area (Å²) in [6.07, 6.45) is 17.4. The Hall–Kier alpha value is -1.53. The minimum absolute atomic E-state index is 0.139. The molecule has 2 spiro atoms. The molecule has 1 aromatic rings. The maximum absolute atomic E-state index is 12.8. The van der Waals surface area contributed by atoms with Crippen molar-refractivity contribution in [2.24, 2.45) is 11.3 Å². The molecule has 6 rings (SSSR count). The largest absolute Gasteiger partial charge is 0.633 e. The summed E-state index contributed by atoms with van der Waals surface area (Å²) >= 11 is 0. The lowest BCUT2D eigenvalue weighted by Gasteiger charge is -2.55. The molecule has 5 nitrogen and oxygen atoms in total. The van der Waals surface area contributed by atoms with Gasteiger partial charge in [-0.2, -0.15) is 0 Å². The quantitative estimate of drug-likeness (QED) is 0.553. The lowest BCUT2D eigenvalue weighted by molar-refractivity contribution is -0.869. The number of nitrogens with one attached hydrogen (secondary N) is 1. The molecule has 5 heteroatoms. The number of rotatable bonds is 4. The number of pyridine rings is 1. The Balaban J connectivity index is 1.28. The number of nitrogens with zero attached hydrogens (tertiary/aromatic N) is 2. The third-order valence-corrected chi connectivity index (χ3v) is 9.81. The zero-order chi connectivity index (χ0) is 22.2. The fourth-order valence-electron chi connectivity index (χ4n) is 7.99. The van der Waals surface area contributed by atoms with Crippen LogP contribution in [0.5, 0.6) is 0 Å². The fraction of sp³-hybridized carbons (Fsp3) is 0.667. The molecule has 5 aliphatic rings. The Labute approximate surface area is 192 Å². The second-order valence-electron chi connectivity index (χ2n) is 11.8. The predicted molar refractivity (Wildman–Crippen MR) is 125 cm³/mol. The first-order valence-electron chi connectivity index (χ1n) is 12.5. The van der Waals surface area contributed by atoms with Crippen LogP contribution in [0.1, 0.15) is 63.9 Å². The number of hydrogen-bond donors (Lipinski definition) is 1. The molecule has 32 heavy (non-hydrogen) atoms. The van der Waals surface area contributed by atoms with Crippen LogP contribution in [0.15, 0.2) is 47.8 Å². The third-order valence-electron chi connectivity index (χ3n) is 9.81. The van der Waals surface area contributed by atoms with Crippen molar-refractivity contribution >= 4 is 0 Å². The summed E-state index contributed by atoms with van der Waals surface area (Å²) in [6, 6.07) is 4.79. The van der Waals surface area contributed by atoms with Gasteiger partial charge < -0.3 is 19.9 Å². The molecule has 1 aromatic heterocycles. The van der Waals surface area contributed by atoms with Crippen LogP contribution in [-0.2, 0) is 11.3 Å². The molecular weight excluding hydrogens is 398 g/mol. The average molecular weight is 436 g/mol. The average Bonchev–Trinajstić information content (AvgIpc) is 3.27. The van der Waals surface area contributed by atoms with Crippen LogP contribution in [0.3, 0.4) is 0 Å². The summed E-state index contributed by atoms with van der Waals surface area (Å²) in [5.74, 6) is 0.536. The van der Waals surface area contributed by atoms with E-state index in [2.05, 4.69) is 35.4 Å². The molecule has 0 amide bonds. The maximum atomic E-state index is 12.8. The third kappa shape index (κ3) is 2.94. The van der Waals surface area contributed by atoms with Crippen LogP contribution in [-0.4, -0.2) is 47.0 Å². The van der Waals surface area contributed by atoms with Crippen molar-refractivity contribution in [2.75, 3.05) is 14.1 Å². The summed E-state index contributed by atoms with van der Waals surface area (Å²) in [6.45, 7) is 3.36. The minimum Gasteiger partial charge on any atom is -0.633 e. The van der Waals surface area contributed by atoms with Gasteiger partial charge in [0.1, 0.15) is 0 Å². The predicted octanol–water partition coefficient (Wildman–Crippen LogP) is 4.64. The van der Waals surface area contributed by atoms with E-state index in [4.69, 9.17) is 4.74 Å². The van der Waals surface area contributed by atoms with Crippen LogP contribution in [0.4, 0.5) is 0 Å². The van der Waals surface area contributed by atoms with Crippen molar-refractivity contribution in [1.29, 1.82) is 0 Å². The monoisotopic (exact) mass is 435 g/mol. The summed E-state index contributed by atoms with van der Waals surface area (Å²) in [7, 11) is 3.62. The number of hydroxylamine groups is 3. The smallest absolute Gasteiger partial charge is 0.0975 e. The van der Waals surface area contributed by atoms with Gasteiger partial charge in [-0.1, -0.05) is 25.1 Å². The van der Waals surface area contributed by atoms with Crippen LogP contribution in [0.2, 0.25) is 0 Å². The highest BCUT2D eigenvalue weighted by molar-refractivity contribution is 5.47. The summed E-state index contributed by atoms with van der Waals surface area (Å²) in [4.78, 5) is 4.27. The molecule has 3 unspecified atom stereocenters. The van der Waals surface area contributed by atoms with Gasteiger partial charge in [0.05, 0.1) is 31.3 Å². The Kier molecular flexibility index (Phi) is 4.59. The van der Waals surface area contributed by atoms with Crippen molar-refractivity contribution in [1.82, 2.24) is 10.3 Å². The van der Waals surface area contributed by atoms with Crippen LogP contribution in [0, 0.1) is 16.5 Å². The first kappa shape index (κ1) is 21.0. The highest BCUT2D eigenvalue weighted by Gasteiger charge is 2.66. The van der Waals surface area contributed by atoms with Gasteiger partial charge in [0.15, 0.2) is 0 Å². The highest BCUT2D eigenvalue weighted by atomic mass is 16.5. The van der Waals surface area contributed by atoms with Crippen LogP contribution < -0.4 is 5.32 Å². The molecule has 172 valence electrons. The van der Waals surface area contributed by atoms with E-state index >= 15 is 0 Å². The molecule has 0 aromatic carbocycles. The normalized spacial score (nSPS) is 42.6. The fourth-order valence-corrected chi connectivity index (χ4v) is 7.99. The molecule has 6 atom stereocenters. The highest BCUT2D eigenvalue weighted by Crippen LogP contribution is 2.66. The van der Waals surface area contributed by atoms with Gasteiger partial charge in [0.2, 0.25) is 0 Å². The van der Waals surface area contributed by atoms with E-state index in [9.17, 15) is 5.21 Å². The van der Waals surface area contributed by atoms with E-state index < -0.39 is 0 Å². The molecular formula is C27H37N3O2. The van der Waals surface area contributed by atoms with Gasteiger partial charge in [-0.3, -0.25) is 4.98 Å². The van der Waals surface area contributed by atoms with Crippen LogP contribution >= 0.6 is 0 Å². The molecule has 3 fully saturated rings. The summed E-state index contributed by atoms with van der Waals surface area (Å²) in [5.41, 5.74) is 4.02. The van der Waals surface area contributed by atoms with Crippen molar-refractivity contribution < 1.29 is 9.38 Å². The number of aromatic nitrogens is 1. The van der Waals surface area contributed by atoms with E-state index in [1.165, 1.54) is 29.6 Å². The van der Waals surface area contributed by atoms with E-state index in [-0.39, 0.29) is 27.3 Å². The Morgan fingerprint density at radius 2 is 2.12 bits per heavy atom. The Morgan fingerprint density at radius 3 is 2.91 bits per heavy atom. The second kappa shape index (κ2) is 6.99. The topological polar surface area (TPSA) is 57.2 Å². The van der Waals surface area contributed by atoms with Crippen LogP contribution in [0.25, 0.3) is 0 Å². The van der Waals surface area contributed by atoms with Crippen molar-refractivity contribution in [2.45, 2.75) is 88.1 Å². The Bertz CT molecular complexity index is 967. The van der Waals surface area contributed by atoms with Crippen molar-refractivity contribution in [3.05, 3.63) is 58.6 Å². The lowest BCUT2D eigenvalue weighted by atomic mass is 9.60. The molecule has 2 aliphatic heterocycles. The lowest BCUT2D eigenvalue weighted by Crippen LogP contribution is -2.58. The van der Waals surface area contributed by atoms with Gasteiger partial charge in [0, 0.05) is 37.8 Å². The van der Waals surface area contributed by atoms with Gasteiger partial charge in [0.25, 0.3) is 0 Å². The van der Waals surface area contributed by atoms with Gasteiger partial charge >= 0.3 is 0 Å². The molecule has 2 bridgehead atoms. The molecule has 3 aliphatic carbocycles. The Morgan fingerprint density at radius 1 is 1.25 bits per heavy atom. The zero-order valence-corrected chi connectivity index (χ0v) is 19.8. The van der Waals surface area contributed by atoms with E-state index in [0.29, 0.717) is 12.0 Å². The standard InChI is InChI=1S/C27H37N3O2/c1-25-11-10-21-15-20-6-7-22(30(2,3)31)16-26(20)12-13-27(21,32-26)23(25)8-9-24(25)29-18-19-5-4-14-28-17-19/h4-5,10,14-15,17,22-24,29H,6-9,11-13,16,18H2,1-3H3/t22?,23-,24?,25?,26-,27-/m1/s1.